The van der Waals surface area contributed by atoms with Gasteiger partial charge in [-0.3, -0.25) is 14.8 Å². The molecular weight excluding hydrogens is 540 g/mol. The molecule has 1 fully saturated rings. The van der Waals surface area contributed by atoms with Gasteiger partial charge in [0.15, 0.2) is 10.6 Å². The molecule has 1 aromatic heterocycles. The number of aliphatic hydroxyl groups is 1. The first-order chi connectivity index (χ1) is 18.9. The SMILES string of the molecule is Cc1nnc(SC[C@@H]2C[C@H](c3ccc(CO)cc3)O[C@H](c3ccc(NC(=O)CCCCC(=O)NO)cc3)O2)s1. The second-order valence-corrected chi connectivity index (χ2v) is 11.6. The highest BCUT2D eigenvalue weighted by Crippen LogP contribution is 2.39. The Bertz CT molecular complexity index is 1220. The number of hydroxylamine groups is 1. The molecule has 39 heavy (non-hydrogen) atoms. The van der Waals surface area contributed by atoms with Gasteiger partial charge >= 0.3 is 0 Å². The van der Waals surface area contributed by atoms with Crippen LogP contribution in [0.5, 0.6) is 0 Å². The standard InChI is InChI=1S/C27H32N4O6S2/c1-17-29-30-27(39-17)38-16-22-14-23(19-8-6-18(15-32)7-9-19)37-26(36-22)20-10-12-21(13-11-20)28-24(33)4-2-3-5-25(34)31-35/h6-13,22-23,26,32,35H,2-5,14-16H2,1H3,(H,28,33)(H,31,34)/t22-,23+,26+/m0/s1. The molecule has 208 valence electrons. The Morgan fingerprint density at radius 3 is 2.33 bits per heavy atom. The summed E-state index contributed by atoms with van der Waals surface area (Å²) in [6.07, 6.45) is 1.30. The lowest BCUT2D eigenvalue weighted by Gasteiger charge is -2.36. The fraction of sp³-hybridized carbons (Fsp3) is 0.407. The predicted molar refractivity (Wildman–Crippen MR) is 147 cm³/mol. The zero-order chi connectivity index (χ0) is 27.6. The number of benzene rings is 2. The van der Waals surface area contributed by atoms with Crippen LogP contribution >= 0.6 is 23.1 Å². The van der Waals surface area contributed by atoms with Gasteiger partial charge < -0.3 is 19.9 Å². The van der Waals surface area contributed by atoms with E-state index in [1.54, 1.807) is 28.6 Å². The average molecular weight is 573 g/mol. The number of aryl methyl sites for hydroxylation is 1. The molecule has 0 aliphatic carbocycles. The van der Waals surface area contributed by atoms with Gasteiger partial charge in [0.2, 0.25) is 11.8 Å². The lowest BCUT2D eigenvalue weighted by Crippen LogP contribution is -2.31. The second kappa shape index (κ2) is 14.5. The summed E-state index contributed by atoms with van der Waals surface area (Å²) in [7, 11) is 0. The van der Waals surface area contributed by atoms with Gasteiger partial charge in [-0.25, -0.2) is 5.48 Å². The highest BCUT2D eigenvalue weighted by molar-refractivity contribution is 8.01. The van der Waals surface area contributed by atoms with Gasteiger partial charge in [-0.15, -0.1) is 10.2 Å². The van der Waals surface area contributed by atoms with Gasteiger partial charge in [0, 0.05) is 36.3 Å². The van der Waals surface area contributed by atoms with Crippen LogP contribution < -0.4 is 10.8 Å². The van der Waals surface area contributed by atoms with Crippen LogP contribution in [0.1, 0.15) is 66.2 Å². The van der Waals surface area contributed by atoms with E-state index in [0.717, 1.165) is 26.0 Å². The van der Waals surface area contributed by atoms with E-state index < -0.39 is 12.2 Å². The van der Waals surface area contributed by atoms with Crippen molar-refractivity contribution in [1.29, 1.82) is 0 Å². The zero-order valence-corrected chi connectivity index (χ0v) is 23.2. The van der Waals surface area contributed by atoms with Crippen LogP contribution in [0.25, 0.3) is 0 Å². The summed E-state index contributed by atoms with van der Waals surface area (Å²) in [5.74, 6) is 0.0970. The third kappa shape index (κ3) is 8.82. The van der Waals surface area contributed by atoms with Crippen LogP contribution in [0.4, 0.5) is 5.69 Å². The van der Waals surface area contributed by atoms with E-state index in [0.29, 0.717) is 30.7 Å². The van der Waals surface area contributed by atoms with Gasteiger partial charge in [0.05, 0.1) is 18.8 Å². The van der Waals surface area contributed by atoms with Gasteiger partial charge in [-0.2, -0.15) is 0 Å². The largest absolute Gasteiger partial charge is 0.392 e. The Morgan fingerprint density at radius 1 is 1.00 bits per heavy atom. The topological polar surface area (TPSA) is 143 Å². The molecule has 0 spiro atoms. The summed E-state index contributed by atoms with van der Waals surface area (Å²) in [6, 6.07) is 15.1. The van der Waals surface area contributed by atoms with Crippen molar-refractivity contribution in [3.8, 4) is 0 Å². The van der Waals surface area contributed by atoms with E-state index in [4.69, 9.17) is 14.7 Å². The van der Waals surface area contributed by atoms with Crippen LogP contribution in [0, 0.1) is 6.92 Å². The summed E-state index contributed by atoms with van der Waals surface area (Å²) >= 11 is 3.17. The first-order valence-corrected chi connectivity index (χ1v) is 14.5. The lowest BCUT2D eigenvalue weighted by molar-refractivity contribution is -0.245. The first-order valence-electron chi connectivity index (χ1n) is 12.7. The van der Waals surface area contributed by atoms with E-state index in [9.17, 15) is 14.7 Å². The number of nitrogens with zero attached hydrogens (tertiary/aromatic N) is 2. The first kappa shape index (κ1) is 29.1. The van der Waals surface area contributed by atoms with Crippen molar-refractivity contribution in [2.24, 2.45) is 0 Å². The molecule has 12 heteroatoms. The number of thioether (sulfide) groups is 1. The number of aromatic nitrogens is 2. The van der Waals surface area contributed by atoms with E-state index in [1.807, 2.05) is 55.5 Å². The van der Waals surface area contributed by atoms with Crippen molar-refractivity contribution in [3.63, 3.8) is 0 Å². The number of anilines is 1. The molecule has 10 nitrogen and oxygen atoms in total. The van der Waals surface area contributed by atoms with Crippen molar-refractivity contribution in [2.75, 3.05) is 11.1 Å². The third-order valence-corrected chi connectivity index (χ3v) is 8.27. The van der Waals surface area contributed by atoms with Crippen molar-refractivity contribution in [1.82, 2.24) is 15.7 Å². The van der Waals surface area contributed by atoms with Crippen LogP contribution in [-0.4, -0.2) is 44.2 Å². The molecule has 3 atom stereocenters. The van der Waals surface area contributed by atoms with Crippen molar-refractivity contribution >= 4 is 40.6 Å². The number of rotatable bonds is 12. The number of ether oxygens (including phenoxy) is 2. The lowest BCUT2D eigenvalue weighted by atomic mass is 10.0. The van der Waals surface area contributed by atoms with Gasteiger partial charge in [0.1, 0.15) is 5.01 Å². The van der Waals surface area contributed by atoms with Crippen molar-refractivity contribution in [2.45, 2.75) is 68.5 Å². The minimum Gasteiger partial charge on any atom is -0.392 e. The number of carbonyl (C=O) groups excluding carboxylic acids is 2. The Kier molecular flexibility index (Phi) is 10.8. The minimum absolute atomic E-state index is 0.0121. The van der Waals surface area contributed by atoms with Gasteiger partial charge in [-0.1, -0.05) is 59.5 Å². The maximum absolute atomic E-state index is 12.3. The van der Waals surface area contributed by atoms with Crippen molar-refractivity contribution < 1.29 is 29.4 Å². The van der Waals surface area contributed by atoms with Crippen LogP contribution in [0.3, 0.4) is 0 Å². The highest BCUT2D eigenvalue weighted by Gasteiger charge is 2.32. The molecular formula is C27H32N4O6S2. The summed E-state index contributed by atoms with van der Waals surface area (Å²) in [5, 5.41) is 30.0. The fourth-order valence-electron chi connectivity index (χ4n) is 4.10. The van der Waals surface area contributed by atoms with Gasteiger partial charge in [-0.05, 0) is 43.0 Å². The Balaban J connectivity index is 1.39. The van der Waals surface area contributed by atoms with Crippen LogP contribution in [-0.2, 0) is 25.7 Å². The molecule has 2 amide bonds. The summed E-state index contributed by atoms with van der Waals surface area (Å²) in [5.41, 5.74) is 4.93. The van der Waals surface area contributed by atoms with E-state index in [2.05, 4.69) is 15.5 Å². The number of hydrogen-bond donors (Lipinski definition) is 4. The molecule has 0 unspecified atom stereocenters. The normalized spacial score (nSPS) is 19.0. The molecule has 1 aliphatic heterocycles. The molecule has 2 aromatic carbocycles. The molecule has 1 aliphatic rings. The Labute approximate surface area is 235 Å². The average Bonchev–Trinajstić information content (AvgIpc) is 3.39. The smallest absolute Gasteiger partial charge is 0.243 e. The number of amides is 2. The minimum atomic E-state index is -0.592. The molecule has 1 saturated heterocycles. The fourth-order valence-corrected chi connectivity index (χ4v) is 5.96. The zero-order valence-electron chi connectivity index (χ0n) is 21.5. The monoisotopic (exact) mass is 572 g/mol. The Morgan fingerprint density at radius 2 is 1.69 bits per heavy atom. The molecule has 0 radical (unpaired) electrons. The molecule has 4 N–H and O–H groups in total. The number of carbonyl (C=O) groups is 2. The van der Waals surface area contributed by atoms with E-state index in [-0.39, 0.29) is 37.6 Å². The Hall–Kier alpha value is -2.87. The number of nitrogens with one attached hydrogen (secondary N) is 2. The summed E-state index contributed by atoms with van der Waals surface area (Å²) in [4.78, 5) is 23.3. The van der Waals surface area contributed by atoms with E-state index >= 15 is 0 Å². The van der Waals surface area contributed by atoms with E-state index in [1.165, 1.54) is 0 Å². The molecule has 0 bridgehead atoms. The number of aliphatic hydroxyl groups excluding tert-OH is 1. The maximum Gasteiger partial charge on any atom is 0.243 e. The molecule has 0 saturated carbocycles. The molecule has 4 rings (SSSR count). The van der Waals surface area contributed by atoms with Crippen LogP contribution in [0.2, 0.25) is 0 Å². The quantitative estimate of drug-likeness (QED) is 0.105. The maximum atomic E-state index is 12.3. The number of hydrogen-bond acceptors (Lipinski definition) is 10. The second-order valence-electron chi connectivity index (χ2n) is 9.16. The van der Waals surface area contributed by atoms with Gasteiger partial charge in [0.25, 0.3) is 0 Å². The molecule has 3 aromatic rings. The van der Waals surface area contributed by atoms with Crippen molar-refractivity contribution in [3.05, 3.63) is 70.2 Å². The summed E-state index contributed by atoms with van der Waals surface area (Å²) in [6.45, 7) is 1.92. The molecule has 2 heterocycles. The summed E-state index contributed by atoms with van der Waals surface area (Å²) < 4.78 is 13.6. The number of unbranched alkanes of at least 4 members (excludes halogenated alkanes) is 1. The highest BCUT2D eigenvalue weighted by atomic mass is 32.2. The predicted octanol–water partition coefficient (Wildman–Crippen LogP) is 4.68. The third-order valence-electron chi connectivity index (χ3n) is 6.16. The van der Waals surface area contributed by atoms with Crippen LogP contribution in [0.15, 0.2) is 52.9 Å².